The summed E-state index contributed by atoms with van der Waals surface area (Å²) in [7, 11) is -3.73. The molecule has 0 saturated heterocycles. The number of carbonyl (C=O) groups excluding carboxylic acids is 1. The fourth-order valence-electron chi connectivity index (χ4n) is 4.14. The van der Waals surface area contributed by atoms with Gasteiger partial charge in [0.05, 0.1) is 17.0 Å². The van der Waals surface area contributed by atoms with Crippen molar-refractivity contribution in [3.05, 3.63) is 30.3 Å². The Morgan fingerprint density at radius 2 is 1.80 bits per heavy atom. The van der Waals surface area contributed by atoms with Gasteiger partial charge in [-0.1, -0.05) is 44.4 Å². The molecule has 3 rings (SSSR count). The number of rotatable bonds is 7. The molecule has 0 bridgehead atoms. The summed E-state index contributed by atoms with van der Waals surface area (Å²) >= 11 is 0. The second kappa shape index (κ2) is 8.76. The van der Waals surface area contributed by atoms with Gasteiger partial charge in [0.2, 0.25) is 5.91 Å². The topological polar surface area (TPSA) is 111 Å². The molecule has 0 spiro atoms. The Bertz CT molecular complexity index is 940. The molecule has 1 atom stereocenters. The lowest BCUT2D eigenvalue weighted by molar-refractivity contribution is -0.122. The lowest BCUT2D eigenvalue weighted by atomic mass is 9.69. The van der Waals surface area contributed by atoms with Crippen LogP contribution in [-0.2, 0) is 14.8 Å². The number of benzene rings is 1. The van der Waals surface area contributed by atoms with Crippen LogP contribution in [0.1, 0.15) is 65.2 Å². The van der Waals surface area contributed by atoms with Crippen LogP contribution < -0.4 is 10.0 Å². The second-order valence-electron chi connectivity index (χ2n) is 8.81. The van der Waals surface area contributed by atoms with Crippen LogP contribution in [0.3, 0.4) is 0 Å². The van der Waals surface area contributed by atoms with Gasteiger partial charge in [0.15, 0.2) is 0 Å². The zero-order valence-corrected chi connectivity index (χ0v) is 18.5. The molecule has 2 aliphatic carbocycles. The van der Waals surface area contributed by atoms with E-state index in [9.17, 15) is 18.5 Å². The molecule has 1 unspecified atom stereocenters. The van der Waals surface area contributed by atoms with Crippen LogP contribution in [0, 0.1) is 16.7 Å². The van der Waals surface area contributed by atoms with E-state index in [2.05, 4.69) is 28.0 Å². The smallest absolute Gasteiger partial charge is 0.262 e. The summed E-state index contributed by atoms with van der Waals surface area (Å²) in [6.07, 6.45) is 6.68. The van der Waals surface area contributed by atoms with Crippen LogP contribution in [0.15, 0.2) is 40.2 Å². The molecule has 2 aliphatic rings. The van der Waals surface area contributed by atoms with Crippen LogP contribution in [0.5, 0.6) is 0 Å². The van der Waals surface area contributed by atoms with Gasteiger partial charge < -0.3 is 5.32 Å². The molecule has 2 fully saturated rings. The Balaban J connectivity index is 1.78. The normalized spacial score (nSPS) is 21.2. The highest BCUT2D eigenvalue weighted by molar-refractivity contribution is 7.90. The molecule has 7 nitrogen and oxygen atoms in total. The fourth-order valence-corrected chi connectivity index (χ4v) is 5.21. The van der Waals surface area contributed by atoms with Crippen LogP contribution in [0.25, 0.3) is 0 Å². The number of nitrogens with zero attached hydrogens (tertiary/aromatic N) is 2. The highest BCUT2D eigenvalue weighted by Crippen LogP contribution is 2.42. The molecular weight excluding hydrogens is 400 g/mol. The maximum Gasteiger partial charge on any atom is 0.262 e. The zero-order chi connectivity index (χ0) is 21.8. The Morgan fingerprint density at radius 3 is 2.37 bits per heavy atom. The number of aliphatic imine (C=N–C) groups is 1. The van der Waals surface area contributed by atoms with Crippen LogP contribution in [0.2, 0.25) is 0 Å². The summed E-state index contributed by atoms with van der Waals surface area (Å²) in [5.41, 5.74) is -0.902. The average molecular weight is 431 g/mol. The first-order valence-electron chi connectivity index (χ1n) is 10.5. The van der Waals surface area contributed by atoms with Gasteiger partial charge in [-0.25, -0.2) is 8.42 Å². The molecule has 2 N–H and O–H groups in total. The minimum atomic E-state index is -3.73. The van der Waals surface area contributed by atoms with Gasteiger partial charge in [0, 0.05) is 6.42 Å². The van der Waals surface area contributed by atoms with E-state index < -0.39 is 15.6 Å². The van der Waals surface area contributed by atoms with Crippen molar-refractivity contribution in [3.63, 3.8) is 0 Å². The third-order valence-electron chi connectivity index (χ3n) is 6.21. The Morgan fingerprint density at radius 1 is 1.17 bits per heavy atom. The van der Waals surface area contributed by atoms with Crippen molar-refractivity contribution in [2.45, 2.75) is 81.7 Å². The monoisotopic (exact) mass is 430 g/mol. The SMILES string of the molecule is CC(=NC(CC(=O)NC1(C#N)CC1)C1(C)CCCCC1)NS(=O)(=O)c1ccccc1. The van der Waals surface area contributed by atoms with Crippen molar-refractivity contribution < 1.29 is 13.2 Å². The van der Waals surface area contributed by atoms with Crippen molar-refractivity contribution in [1.82, 2.24) is 10.0 Å². The highest BCUT2D eigenvalue weighted by atomic mass is 32.2. The molecule has 0 heterocycles. The van der Waals surface area contributed by atoms with E-state index in [1.165, 1.54) is 12.1 Å². The van der Waals surface area contributed by atoms with Crippen molar-refractivity contribution in [1.29, 1.82) is 5.26 Å². The largest absolute Gasteiger partial charge is 0.338 e. The zero-order valence-electron chi connectivity index (χ0n) is 17.6. The van der Waals surface area contributed by atoms with Crippen LogP contribution in [-0.4, -0.2) is 31.7 Å². The number of amidine groups is 1. The Kier molecular flexibility index (Phi) is 6.51. The van der Waals surface area contributed by atoms with E-state index in [-0.39, 0.29) is 34.5 Å². The number of sulfonamides is 1. The minimum absolute atomic E-state index is 0.143. The molecule has 0 aromatic heterocycles. The van der Waals surface area contributed by atoms with E-state index in [1.54, 1.807) is 25.1 Å². The number of hydrogen-bond acceptors (Lipinski definition) is 5. The molecular formula is C22H30N4O3S. The standard InChI is InChI=1S/C22H30N4O3S/c1-17(26-30(28,29)18-9-5-3-6-10-18)24-19(21(2)11-7-4-8-12-21)15-20(27)25-22(16-23)13-14-22/h3,5-6,9-10,19H,4,7-8,11-15H2,1-2H3,(H,24,26)(H,25,27). The number of amides is 1. The fraction of sp³-hybridized carbons (Fsp3) is 0.591. The van der Waals surface area contributed by atoms with E-state index >= 15 is 0 Å². The maximum absolute atomic E-state index is 12.7. The Labute approximate surface area is 179 Å². The number of nitrogens with one attached hydrogen (secondary N) is 2. The molecule has 0 aliphatic heterocycles. The third kappa shape index (κ3) is 5.39. The van der Waals surface area contributed by atoms with E-state index in [4.69, 9.17) is 0 Å². The van der Waals surface area contributed by atoms with Crippen molar-refractivity contribution in [2.75, 3.05) is 0 Å². The van der Waals surface area contributed by atoms with Crippen LogP contribution >= 0.6 is 0 Å². The lowest BCUT2D eigenvalue weighted by Gasteiger charge is -2.39. The first-order chi connectivity index (χ1) is 14.2. The molecule has 1 amide bonds. The predicted molar refractivity (Wildman–Crippen MR) is 115 cm³/mol. The third-order valence-corrected chi connectivity index (χ3v) is 7.66. The number of hydrogen-bond donors (Lipinski definition) is 2. The molecule has 1 aromatic carbocycles. The van der Waals surface area contributed by atoms with Crippen molar-refractivity contribution >= 4 is 21.8 Å². The van der Waals surface area contributed by atoms with E-state index in [0.717, 1.165) is 32.1 Å². The van der Waals surface area contributed by atoms with Gasteiger partial charge in [-0.05, 0) is 50.2 Å². The number of nitriles is 1. The van der Waals surface area contributed by atoms with Gasteiger partial charge in [0.1, 0.15) is 11.4 Å². The lowest BCUT2D eigenvalue weighted by Crippen LogP contribution is -2.42. The second-order valence-corrected chi connectivity index (χ2v) is 10.5. The molecule has 1 aromatic rings. The summed E-state index contributed by atoms with van der Waals surface area (Å²) in [5, 5.41) is 12.1. The summed E-state index contributed by atoms with van der Waals surface area (Å²) in [4.78, 5) is 17.5. The average Bonchev–Trinajstić information content (AvgIpc) is 3.48. The summed E-state index contributed by atoms with van der Waals surface area (Å²) in [5.74, 6) is 0.0678. The minimum Gasteiger partial charge on any atom is -0.338 e. The molecule has 0 radical (unpaired) electrons. The maximum atomic E-state index is 12.7. The van der Waals surface area contributed by atoms with E-state index in [1.807, 2.05) is 0 Å². The van der Waals surface area contributed by atoms with Gasteiger partial charge >= 0.3 is 0 Å². The van der Waals surface area contributed by atoms with Gasteiger partial charge in [0.25, 0.3) is 10.0 Å². The van der Waals surface area contributed by atoms with Gasteiger partial charge in [-0.2, -0.15) is 5.26 Å². The van der Waals surface area contributed by atoms with Crippen LogP contribution in [0.4, 0.5) is 0 Å². The summed E-state index contributed by atoms with van der Waals surface area (Å²) in [6.45, 7) is 3.75. The summed E-state index contributed by atoms with van der Waals surface area (Å²) in [6, 6.07) is 9.97. The Hall–Kier alpha value is -2.40. The highest BCUT2D eigenvalue weighted by Gasteiger charge is 2.45. The van der Waals surface area contributed by atoms with Crippen molar-refractivity contribution in [3.8, 4) is 6.07 Å². The first kappa shape index (κ1) is 22.3. The van der Waals surface area contributed by atoms with Gasteiger partial charge in [-0.15, -0.1) is 0 Å². The molecule has 162 valence electrons. The molecule has 2 saturated carbocycles. The predicted octanol–water partition coefficient (Wildman–Crippen LogP) is 3.28. The van der Waals surface area contributed by atoms with Crippen molar-refractivity contribution in [2.24, 2.45) is 10.4 Å². The van der Waals surface area contributed by atoms with E-state index in [0.29, 0.717) is 12.8 Å². The first-order valence-corrected chi connectivity index (χ1v) is 12.0. The molecule has 30 heavy (non-hydrogen) atoms. The van der Waals surface area contributed by atoms with Gasteiger partial charge in [-0.3, -0.25) is 14.5 Å². The number of carbonyl (C=O) groups is 1. The quantitative estimate of drug-likeness (QED) is 0.511. The molecule has 8 heteroatoms. The summed E-state index contributed by atoms with van der Waals surface area (Å²) < 4.78 is 27.8.